The monoisotopic (exact) mass is 340 g/mol. The van der Waals surface area contributed by atoms with Crippen molar-refractivity contribution >= 4 is 28.3 Å². The Morgan fingerprint density at radius 2 is 1.83 bits per heavy atom. The molecule has 2 aliphatic carbocycles. The summed E-state index contributed by atoms with van der Waals surface area (Å²) in [5.41, 5.74) is 1.79. The van der Waals surface area contributed by atoms with Gasteiger partial charge in [0.1, 0.15) is 0 Å². The number of aromatic nitrogens is 1. The van der Waals surface area contributed by atoms with Crippen molar-refractivity contribution in [3.8, 4) is 11.3 Å². The van der Waals surface area contributed by atoms with Gasteiger partial charge in [0.25, 0.3) is 0 Å². The maximum absolute atomic E-state index is 12.6. The van der Waals surface area contributed by atoms with E-state index >= 15 is 0 Å². The first-order chi connectivity index (χ1) is 11.6. The minimum atomic E-state index is -0.892. The maximum atomic E-state index is 12.6. The van der Waals surface area contributed by atoms with E-state index in [2.05, 4.69) is 10.3 Å². The van der Waals surface area contributed by atoms with Crippen LogP contribution < -0.4 is 5.32 Å². The van der Waals surface area contributed by atoms with E-state index in [1.807, 2.05) is 47.9 Å². The number of thiazole rings is 1. The first-order valence-corrected chi connectivity index (χ1v) is 8.74. The minimum absolute atomic E-state index is 0.0182. The Labute approximate surface area is 143 Å². The fraction of sp³-hybridized carbons (Fsp3) is 0.278. The maximum Gasteiger partial charge on any atom is 0.307 e. The number of carboxylic acid groups (broad SMARTS) is 1. The number of benzene rings is 1. The van der Waals surface area contributed by atoms with E-state index in [0.717, 1.165) is 17.7 Å². The third-order valence-corrected chi connectivity index (χ3v) is 5.61. The van der Waals surface area contributed by atoms with Gasteiger partial charge >= 0.3 is 5.97 Å². The van der Waals surface area contributed by atoms with Crippen molar-refractivity contribution in [1.82, 2.24) is 4.98 Å². The van der Waals surface area contributed by atoms with Gasteiger partial charge in [-0.1, -0.05) is 42.5 Å². The molecule has 4 atom stereocenters. The lowest BCUT2D eigenvalue weighted by Crippen LogP contribution is -2.36. The van der Waals surface area contributed by atoms with Crippen molar-refractivity contribution < 1.29 is 14.7 Å². The van der Waals surface area contributed by atoms with Crippen LogP contribution in [-0.2, 0) is 9.59 Å². The standard InChI is InChI=1S/C18H16N2O3S/c21-16(14-11-6-7-12(8-11)15(14)17(22)23)20-18-19-13(9-24-18)10-4-2-1-3-5-10/h1-7,9,11-12,14-15H,8H2,(H,22,23)(H,19,20,21)/t11-,12+,14+,15+/m0/s1. The highest BCUT2D eigenvalue weighted by atomic mass is 32.1. The number of hydrogen-bond donors (Lipinski definition) is 2. The number of nitrogens with one attached hydrogen (secondary N) is 1. The van der Waals surface area contributed by atoms with E-state index in [-0.39, 0.29) is 17.7 Å². The molecule has 1 amide bonds. The molecule has 0 spiro atoms. The number of carbonyl (C=O) groups excluding carboxylic acids is 1. The lowest BCUT2D eigenvalue weighted by molar-refractivity contribution is -0.146. The summed E-state index contributed by atoms with van der Waals surface area (Å²) in [5.74, 6) is -2.29. The first-order valence-electron chi connectivity index (χ1n) is 7.86. The molecule has 4 rings (SSSR count). The summed E-state index contributed by atoms with van der Waals surface area (Å²) in [6.07, 6.45) is 4.66. The van der Waals surface area contributed by atoms with Crippen LogP contribution in [0.15, 0.2) is 47.9 Å². The van der Waals surface area contributed by atoms with Crippen molar-refractivity contribution in [3.05, 3.63) is 47.9 Å². The molecule has 1 fully saturated rings. The third-order valence-electron chi connectivity index (χ3n) is 4.85. The number of fused-ring (bicyclic) bond motifs is 2. The zero-order chi connectivity index (χ0) is 16.7. The van der Waals surface area contributed by atoms with Crippen molar-refractivity contribution in [1.29, 1.82) is 0 Å². The Hall–Kier alpha value is -2.47. The molecule has 5 nitrogen and oxygen atoms in total. The summed E-state index contributed by atoms with van der Waals surface area (Å²) in [5, 5.41) is 14.7. The van der Waals surface area contributed by atoms with Gasteiger partial charge in [-0.15, -0.1) is 11.3 Å². The van der Waals surface area contributed by atoms with Gasteiger partial charge in [0.05, 0.1) is 17.5 Å². The van der Waals surface area contributed by atoms with Crippen molar-refractivity contribution in [2.45, 2.75) is 6.42 Å². The van der Waals surface area contributed by atoms with Gasteiger partial charge < -0.3 is 10.4 Å². The summed E-state index contributed by atoms with van der Waals surface area (Å²) < 4.78 is 0. The van der Waals surface area contributed by atoms with Crippen molar-refractivity contribution in [3.63, 3.8) is 0 Å². The lowest BCUT2D eigenvalue weighted by Gasteiger charge is -2.23. The van der Waals surface area contributed by atoms with Gasteiger partial charge in [-0.3, -0.25) is 9.59 Å². The lowest BCUT2D eigenvalue weighted by atomic mass is 9.82. The molecule has 0 aliphatic heterocycles. The molecular weight excluding hydrogens is 324 g/mol. The molecule has 0 radical (unpaired) electrons. The van der Waals surface area contributed by atoms with Crippen LogP contribution in [-0.4, -0.2) is 22.0 Å². The number of allylic oxidation sites excluding steroid dienone is 2. The number of carbonyl (C=O) groups is 2. The summed E-state index contributed by atoms with van der Waals surface area (Å²) >= 11 is 1.35. The van der Waals surface area contributed by atoms with Crippen LogP contribution in [0.2, 0.25) is 0 Å². The summed E-state index contributed by atoms with van der Waals surface area (Å²) in [6.45, 7) is 0. The highest BCUT2D eigenvalue weighted by molar-refractivity contribution is 7.14. The van der Waals surface area contributed by atoms with Crippen LogP contribution in [0.4, 0.5) is 5.13 Å². The van der Waals surface area contributed by atoms with Gasteiger partial charge in [0.15, 0.2) is 5.13 Å². The zero-order valence-electron chi connectivity index (χ0n) is 12.8. The van der Waals surface area contributed by atoms with E-state index in [9.17, 15) is 14.7 Å². The van der Waals surface area contributed by atoms with Gasteiger partial charge in [0, 0.05) is 10.9 Å². The highest BCUT2D eigenvalue weighted by Crippen LogP contribution is 2.48. The number of rotatable bonds is 4. The van der Waals surface area contributed by atoms with E-state index in [1.54, 1.807) is 0 Å². The Kier molecular flexibility index (Phi) is 3.69. The molecule has 122 valence electrons. The average molecular weight is 340 g/mol. The topological polar surface area (TPSA) is 79.3 Å². The first kappa shape index (κ1) is 15.1. The smallest absolute Gasteiger partial charge is 0.307 e. The van der Waals surface area contributed by atoms with Crippen molar-refractivity contribution in [2.24, 2.45) is 23.7 Å². The Morgan fingerprint density at radius 3 is 2.54 bits per heavy atom. The Bertz CT molecular complexity index is 815. The van der Waals surface area contributed by atoms with E-state index in [0.29, 0.717) is 5.13 Å². The summed E-state index contributed by atoms with van der Waals surface area (Å²) in [6, 6.07) is 9.73. The van der Waals surface area contributed by atoms with Crippen LogP contribution >= 0.6 is 11.3 Å². The van der Waals surface area contributed by atoms with Crippen LogP contribution in [0.1, 0.15) is 6.42 Å². The molecule has 1 aromatic heterocycles. The normalized spacial score (nSPS) is 27.3. The van der Waals surface area contributed by atoms with Crippen LogP contribution in [0.3, 0.4) is 0 Å². The molecule has 0 saturated heterocycles. The van der Waals surface area contributed by atoms with Crippen molar-refractivity contribution in [2.75, 3.05) is 5.32 Å². The van der Waals surface area contributed by atoms with E-state index < -0.39 is 17.8 Å². The molecule has 2 aromatic rings. The molecule has 6 heteroatoms. The molecular formula is C18H16N2O3S. The van der Waals surface area contributed by atoms with E-state index in [4.69, 9.17) is 0 Å². The van der Waals surface area contributed by atoms with Gasteiger partial charge in [-0.2, -0.15) is 0 Å². The largest absolute Gasteiger partial charge is 0.481 e. The molecule has 24 heavy (non-hydrogen) atoms. The fourth-order valence-corrected chi connectivity index (χ4v) is 4.50. The quantitative estimate of drug-likeness (QED) is 0.837. The second kappa shape index (κ2) is 5.87. The number of hydrogen-bond acceptors (Lipinski definition) is 4. The van der Waals surface area contributed by atoms with Crippen LogP contribution in [0.25, 0.3) is 11.3 Å². The second-order valence-corrected chi connectivity index (χ2v) is 7.09. The molecule has 1 saturated carbocycles. The highest BCUT2D eigenvalue weighted by Gasteiger charge is 2.51. The Balaban J connectivity index is 1.52. The molecule has 0 unspecified atom stereocenters. The number of amides is 1. The fourth-order valence-electron chi connectivity index (χ4n) is 3.78. The van der Waals surface area contributed by atoms with Gasteiger partial charge in [-0.25, -0.2) is 4.98 Å². The Morgan fingerprint density at radius 1 is 1.12 bits per heavy atom. The number of carboxylic acids is 1. The summed E-state index contributed by atoms with van der Waals surface area (Å²) in [4.78, 5) is 28.6. The number of nitrogens with zero attached hydrogens (tertiary/aromatic N) is 1. The number of aliphatic carboxylic acids is 1. The SMILES string of the molecule is O=C(O)[C@H]1[C@H](C(=O)Nc2nc(-c3ccccc3)cs2)[C@H]2C=C[C@@H]1C2. The van der Waals surface area contributed by atoms with Gasteiger partial charge in [-0.05, 0) is 18.3 Å². The zero-order valence-corrected chi connectivity index (χ0v) is 13.6. The van der Waals surface area contributed by atoms with Crippen LogP contribution in [0, 0.1) is 23.7 Å². The molecule has 2 bridgehead atoms. The molecule has 2 N–H and O–H groups in total. The molecule has 1 heterocycles. The van der Waals surface area contributed by atoms with E-state index in [1.165, 1.54) is 11.3 Å². The van der Waals surface area contributed by atoms with Crippen LogP contribution in [0.5, 0.6) is 0 Å². The van der Waals surface area contributed by atoms with Gasteiger partial charge in [0.2, 0.25) is 5.91 Å². The third kappa shape index (κ3) is 2.53. The predicted molar refractivity (Wildman–Crippen MR) is 91.5 cm³/mol. The second-order valence-electron chi connectivity index (χ2n) is 6.23. The molecule has 2 aliphatic rings. The molecule has 1 aromatic carbocycles. The minimum Gasteiger partial charge on any atom is -0.481 e. The number of anilines is 1. The average Bonchev–Trinajstić information content (AvgIpc) is 3.30. The predicted octanol–water partition coefficient (Wildman–Crippen LogP) is 3.27. The summed E-state index contributed by atoms with van der Waals surface area (Å²) in [7, 11) is 0.